The van der Waals surface area contributed by atoms with Crippen LogP contribution in [0.15, 0.2) is 58.4 Å². The van der Waals surface area contributed by atoms with Crippen LogP contribution in [0.5, 0.6) is 17.4 Å². The van der Waals surface area contributed by atoms with Crippen LogP contribution in [-0.2, 0) is 11.2 Å². The first-order valence-corrected chi connectivity index (χ1v) is 11.5. The Balaban J connectivity index is 1.51. The van der Waals surface area contributed by atoms with Gasteiger partial charge in [0.1, 0.15) is 35.2 Å². The summed E-state index contributed by atoms with van der Waals surface area (Å²) in [4.78, 5) is 46.3. The van der Waals surface area contributed by atoms with Crippen molar-refractivity contribution in [3.63, 3.8) is 0 Å². The summed E-state index contributed by atoms with van der Waals surface area (Å²) in [6.45, 7) is 4.79. The maximum absolute atomic E-state index is 12.1. The molecule has 0 saturated carbocycles. The molecule has 0 unspecified atom stereocenters. The van der Waals surface area contributed by atoms with E-state index in [0.29, 0.717) is 46.9 Å². The first-order valence-electron chi connectivity index (χ1n) is 11.5. The second kappa shape index (κ2) is 10.4. The highest BCUT2D eigenvalue weighted by atomic mass is 16.5. The zero-order chi connectivity index (χ0) is 25.8. The van der Waals surface area contributed by atoms with Crippen molar-refractivity contribution in [1.82, 2.24) is 9.97 Å². The number of fused-ring (bicyclic) bond motifs is 1. The van der Waals surface area contributed by atoms with Gasteiger partial charge >= 0.3 is 5.97 Å². The highest BCUT2D eigenvalue weighted by Gasteiger charge is 2.29. The molecule has 4 rings (SSSR count). The molecule has 0 amide bonds. The molecule has 1 atom stereocenters. The van der Waals surface area contributed by atoms with Crippen LogP contribution >= 0.6 is 0 Å². The molecule has 1 aromatic heterocycles. The van der Waals surface area contributed by atoms with Crippen LogP contribution in [-0.4, -0.2) is 47.3 Å². The molecular formula is C26H26N4O6. The Bertz CT molecular complexity index is 1460. The second-order valence-electron chi connectivity index (χ2n) is 8.10. The maximum Gasteiger partial charge on any atom is 0.326 e. The predicted octanol–water partition coefficient (Wildman–Crippen LogP) is 2.98. The average Bonchev–Trinajstić information content (AvgIpc) is 2.90. The summed E-state index contributed by atoms with van der Waals surface area (Å²) < 4.78 is 11.2. The molecule has 0 radical (unpaired) electrons. The number of ether oxygens (including phenoxy) is 2. The van der Waals surface area contributed by atoms with Gasteiger partial charge in [0.2, 0.25) is 5.88 Å². The summed E-state index contributed by atoms with van der Waals surface area (Å²) in [6, 6.07) is 11.2. The Morgan fingerprint density at radius 1 is 1.03 bits per heavy atom. The second-order valence-corrected chi connectivity index (χ2v) is 8.10. The van der Waals surface area contributed by atoms with Crippen molar-refractivity contribution in [1.29, 1.82) is 0 Å². The Hall–Kier alpha value is -4.47. The fourth-order valence-electron chi connectivity index (χ4n) is 3.99. The van der Waals surface area contributed by atoms with E-state index in [9.17, 15) is 19.5 Å². The molecule has 4 aromatic rings. The molecule has 10 heteroatoms. The molecule has 0 fully saturated rings. The van der Waals surface area contributed by atoms with Gasteiger partial charge in [0.25, 0.3) is 10.9 Å². The molecule has 0 bridgehead atoms. The number of carboxylic acid groups (broad SMARTS) is 1. The number of carbonyl (C=O) groups is 1. The Morgan fingerprint density at radius 3 is 2.36 bits per heavy atom. The van der Waals surface area contributed by atoms with Crippen molar-refractivity contribution in [2.45, 2.75) is 26.3 Å². The molecule has 186 valence electrons. The van der Waals surface area contributed by atoms with Gasteiger partial charge in [0.05, 0.1) is 18.0 Å². The normalized spacial score (nSPS) is 11.9. The molecule has 0 aliphatic rings. The van der Waals surface area contributed by atoms with E-state index in [1.54, 1.807) is 48.4 Å². The van der Waals surface area contributed by atoms with E-state index >= 15 is 0 Å². The number of nitrogens with one attached hydrogen (secondary N) is 1. The first-order chi connectivity index (χ1) is 17.4. The van der Waals surface area contributed by atoms with Crippen molar-refractivity contribution in [2.24, 2.45) is 0 Å². The molecule has 3 aromatic carbocycles. The van der Waals surface area contributed by atoms with Gasteiger partial charge in [0.15, 0.2) is 0 Å². The van der Waals surface area contributed by atoms with E-state index < -0.39 is 22.9 Å². The number of rotatable bonds is 11. The largest absolute Gasteiger partial charge is 0.497 e. The van der Waals surface area contributed by atoms with Crippen molar-refractivity contribution in [2.75, 3.05) is 30.4 Å². The smallest absolute Gasteiger partial charge is 0.326 e. The van der Waals surface area contributed by atoms with Crippen LogP contribution in [0.1, 0.15) is 19.4 Å². The van der Waals surface area contributed by atoms with Crippen LogP contribution in [0.3, 0.4) is 0 Å². The standard InChI is InChI=1S/C26H26N4O6/c1-4-30(5-2)22-21(23(31)24(22)32)29-20(26(33)34)12-15-6-8-16(9-7-15)36-25-18-13-17(35-3)10-11-19(18)27-14-28-25/h6-11,13-14,20,29H,4-5,12H2,1-3H3,(H,33,34)/t20-/m0/s1. The van der Waals surface area contributed by atoms with Crippen molar-refractivity contribution in [3.8, 4) is 17.4 Å². The van der Waals surface area contributed by atoms with Gasteiger partial charge in [-0.2, -0.15) is 0 Å². The third-order valence-electron chi connectivity index (χ3n) is 5.97. The number of hydrogen-bond acceptors (Lipinski definition) is 9. The summed E-state index contributed by atoms with van der Waals surface area (Å²) in [7, 11) is 1.57. The van der Waals surface area contributed by atoms with E-state index in [0.717, 1.165) is 0 Å². The molecule has 36 heavy (non-hydrogen) atoms. The molecule has 0 aliphatic heterocycles. The number of benzene rings is 2. The monoisotopic (exact) mass is 490 g/mol. The summed E-state index contributed by atoms with van der Waals surface area (Å²) in [5.41, 5.74) is 0.424. The lowest BCUT2D eigenvalue weighted by Gasteiger charge is -2.26. The van der Waals surface area contributed by atoms with E-state index in [1.807, 2.05) is 19.9 Å². The van der Waals surface area contributed by atoms with E-state index in [4.69, 9.17) is 9.47 Å². The predicted molar refractivity (Wildman–Crippen MR) is 136 cm³/mol. The van der Waals surface area contributed by atoms with Gasteiger partial charge in [0, 0.05) is 19.5 Å². The minimum atomic E-state index is -1.13. The number of aromatic nitrogens is 2. The Kier molecular flexibility index (Phi) is 7.14. The third kappa shape index (κ3) is 4.83. The lowest BCUT2D eigenvalue weighted by molar-refractivity contribution is -0.137. The molecule has 10 nitrogen and oxygen atoms in total. The fraction of sp³-hybridized carbons (Fsp3) is 0.269. The molecular weight excluding hydrogens is 464 g/mol. The van der Waals surface area contributed by atoms with E-state index in [-0.39, 0.29) is 17.8 Å². The van der Waals surface area contributed by atoms with Crippen LogP contribution in [0.4, 0.5) is 11.4 Å². The number of methoxy groups -OCH3 is 1. The van der Waals surface area contributed by atoms with Crippen molar-refractivity contribution >= 4 is 28.2 Å². The van der Waals surface area contributed by atoms with Gasteiger partial charge < -0.3 is 24.8 Å². The van der Waals surface area contributed by atoms with Gasteiger partial charge in [-0.3, -0.25) is 9.59 Å². The number of nitrogens with zero attached hydrogens (tertiary/aromatic N) is 3. The van der Waals surface area contributed by atoms with Crippen LogP contribution < -0.4 is 30.5 Å². The summed E-state index contributed by atoms with van der Waals surface area (Å²) in [5, 5.41) is 13.2. The van der Waals surface area contributed by atoms with Crippen molar-refractivity contribution in [3.05, 3.63) is 74.8 Å². The lowest BCUT2D eigenvalue weighted by Crippen LogP contribution is -2.45. The van der Waals surface area contributed by atoms with Crippen LogP contribution in [0.25, 0.3) is 10.9 Å². The molecule has 0 saturated heterocycles. The highest BCUT2D eigenvalue weighted by molar-refractivity contribution is 5.85. The highest BCUT2D eigenvalue weighted by Crippen LogP contribution is 2.30. The van der Waals surface area contributed by atoms with E-state index in [1.165, 1.54) is 6.33 Å². The lowest BCUT2D eigenvalue weighted by atomic mass is 10.0. The third-order valence-corrected chi connectivity index (χ3v) is 5.97. The topological polar surface area (TPSA) is 131 Å². The Morgan fingerprint density at radius 2 is 1.72 bits per heavy atom. The van der Waals surface area contributed by atoms with Crippen LogP contribution in [0, 0.1) is 0 Å². The number of aliphatic carboxylic acids is 1. The SMILES string of the molecule is CCN(CC)c1c(N[C@@H](Cc2ccc(Oc3ncnc4ccc(OC)cc34)cc2)C(=O)O)c(=O)c1=O. The van der Waals surface area contributed by atoms with E-state index in [2.05, 4.69) is 15.3 Å². The van der Waals surface area contributed by atoms with Crippen molar-refractivity contribution < 1.29 is 19.4 Å². The minimum Gasteiger partial charge on any atom is -0.497 e. The van der Waals surface area contributed by atoms with Gasteiger partial charge in [-0.05, 0) is 49.7 Å². The van der Waals surface area contributed by atoms with Gasteiger partial charge in [-0.25, -0.2) is 14.8 Å². The molecule has 0 aliphatic carbocycles. The molecule has 1 heterocycles. The maximum atomic E-state index is 12.1. The summed E-state index contributed by atoms with van der Waals surface area (Å²) in [6.07, 6.45) is 1.51. The zero-order valence-electron chi connectivity index (χ0n) is 20.1. The first kappa shape index (κ1) is 24.6. The van der Waals surface area contributed by atoms with Crippen LogP contribution in [0.2, 0.25) is 0 Å². The Labute approximate surface area is 206 Å². The molecule has 2 N–H and O–H groups in total. The number of carboxylic acids is 1. The quantitative estimate of drug-likeness (QED) is 0.303. The number of hydrogen-bond donors (Lipinski definition) is 2. The summed E-state index contributed by atoms with van der Waals surface area (Å²) in [5.74, 6) is 0.388. The number of anilines is 2. The summed E-state index contributed by atoms with van der Waals surface area (Å²) >= 11 is 0. The van der Waals surface area contributed by atoms with Gasteiger partial charge in [-0.15, -0.1) is 0 Å². The average molecular weight is 491 g/mol. The zero-order valence-corrected chi connectivity index (χ0v) is 20.1. The fourth-order valence-corrected chi connectivity index (χ4v) is 3.99. The minimum absolute atomic E-state index is 0.0575. The van der Waals surface area contributed by atoms with Gasteiger partial charge in [-0.1, -0.05) is 12.1 Å². The molecule has 0 spiro atoms.